The number of rotatable bonds is 9. The zero-order valence-electron chi connectivity index (χ0n) is 16.1. The molecule has 0 radical (unpaired) electrons. The predicted octanol–water partition coefficient (Wildman–Crippen LogP) is 2.11. The molecule has 1 aromatic carbocycles. The molecule has 1 heterocycles. The fraction of sp³-hybridized carbons (Fsp3) is 0.579. The predicted molar refractivity (Wildman–Crippen MR) is 105 cm³/mol. The van der Waals surface area contributed by atoms with Crippen molar-refractivity contribution in [2.75, 3.05) is 31.3 Å². The molecule has 0 spiro atoms. The van der Waals surface area contributed by atoms with E-state index in [0.717, 1.165) is 11.3 Å². The molecular weight excluding hydrogens is 368 g/mol. The van der Waals surface area contributed by atoms with Crippen molar-refractivity contribution in [3.05, 3.63) is 29.8 Å². The highest BCUT2D eigenvalue weighted by Crippen LogP contribution is 2.19. The van der Waals surface area contributed by atoms with E-state index in [0.29, 0.717) is 19.6 Å². The van der Waals surface area contributed by atoms with Gasteiger partial charge in [-0.3, -0.25) is 4.79 Å². The maximum absolute atomic E-state index is 12.5. The topological polar surface area (TPSA) is 85.3 Å². The third-order valence-electron chi connectivity index (χ3n) is 4.19. The molecule has 0 aromatic heterocycles. The maximum Gasteiger partial charge on any atom is 0.263 e. The second-order valence-corrected chi connectivity index (χ2v) is 9.24. The molecule has 1 aliphatic rings. The summed E-state index contributed by atoms with van der Waals surface area (Å²) in [6.45, 7) is 6.81. The summed E-state index contributed by atoms with van der Waals surface area (Å²) < 4.78 is 28.8. The number of carbonyl (C=O) groups excluding carboxylic acids is 1. The minimum atomic E-state index is -3.05. The molecule has 2 rings (SSSR count). The van der Waals surface area contributed by atoms with E-state index in [9.17, 15) is 13.2 Å². The van der Waals surface area contributed by atoms with E-state index in [4.69, 9.17) is 9.57 Å². The van der Waals surface area contributed by atoms with Crippen LogP contribution in [0.4, 0.5) is 0 Å². The lowest BCUT2D eigenvalue weighted by molar-refractivity contribution is -0.138. The van der Waals surface area contributed by atoms with Gasteiger partial charge in [0.15, 0.2) is 16.4 Å². The van der Waals surface area contributed by atoms with Gasteiger partial charge in [-0.05, 0) is 49.1 Å². The molecule has 150 valence electrons. The maximum atomic E-state index is 12.5. The highest BCUT2D eigenvalue weighted by atomic mass is 32.2. The van der Waals surface area contributed by atoms with Crippen LogP contribution >= 0.6 is 0 Å². The largest absolute Gasteiger partial charge is 0.494 e. The van der Waals surface area contributed by atoms with Crippen LogP contribution in [0.1, 0.15) is 32.8 Å². The Morgan fingerprint density at radius 2 is 2.04 bits per heavy atom. The Labute approximate surface area is 161 Å². The average molecular weight is 397 g/mol. The van der Waals surface area contributed by atoms with Crippen molar-refractivity contribution in [1.82, 2.24) is 4.90 Å². The van der Waals surface area contributed by atoms with Crippen LogP contribution in [0, 0.1) is 5.92 Å². The van der Waals surface area contributed by atoms with E-state index in [1.807, 2.05) is 45.0 Å². The van der Waals surface area contributed by atoms with Crippen LogP contribution in [0.15, 0.2) is 29.4 Å². The van der Waals surface area contributed by atoms with Crippen molar-refractivity contribution in [3.63, 3.8) is 0 Å². The number of carbonyl (C=O) groups is 1. The highest BCUT2D eigenvalue weighted by Gasteiger charge is 2.34. The summed E-state index contributed by atoms with van der Waals surface area (Å²) in [5, 5.41) is 3.84. The van der Waals surface area contributed by atoms with Gasteiger partial charge in [0, 0.05) is 12.6 Å². The normalized spacial score (nSPS) is 18.7. The lowest BCUT2D eigenvalue weighted by Crippen LogP contribution is -2.44. The van der Waals surface area contributed by atoms with Crippen LogP contribution in [0.2, 0.25) is 0 Å². The Hall–Kier alpha value is -2.09. The number of ether oxygens (including phenoxy) is 1. The summed E-state index contributed by atoms with van der Waals surface area (Å²) >= 11 is 0. The zero-order valence-corrected chi connectivity index (χ0v) is 16.9. The highest BCUT2D eigenvalue weighted by molar-refractivity contribution is 7.91. The van der Waals surface area contributed by atoms with E-state index in [2.05, 4.69) is 5.16 Å². The molecule has 1 atom stereocenters. The molecule has 1 amide bonds. The van der Waals surface area contributed by atoms with Gasteiger partial charge < -0.3 is 14.5 Å². The number of amides is 1. The van der Waals surface area contributed by atoms with Crippen LogP contribution in [0.5, 0.6) is 5.75 Å². The van der Waals surface area contributed by atoms with Gasteiger partial charge in [0.1, 0.15) is 5.75 Å². The van der Waals surface area contributed by atoms with Gasteiger partial charge >= 0.3 is 0 Å². The Balaban J connectivity index is 1.89. The minimum absolute atomic E-state index is 0.0287. The van der Waals surface area contributed by atoms with Crippen molar-refractivity contribution >= 4 is 22.0 Å². The van der Waals surface area contributed by atoms with Crippen LogP contribution in [0.25, 0.3) is 0 Å². The summed E-state index contributed by atoms with van der Waals surface area (Å²) in [4.78, 5) is 19.3. The molecule has 0 unspecified atom stereocenters. The molecule has 7 nitrogen and oxygen atoms in total. The van der Waals surface area contributed by atoms with Crippen LogP contribution in [-0.4, -0.2) is 62.7 Å². The molecular formula is C19H28N2O5S. The Bertz CT molecular complexity index is 744. The van der Waals surface area contributed by atoms with Gasteiger partial charge in [-0.2, -0.15) is 0 Å². The molecule has 0 aliphatic carbocycles. The summed E-state index contributed by atoms with van der Waals surface area (Å²) in [5.41, 5.74) is 0.826. The monoisotopic (exact) mass is 396 g/mol. The van der Waals surface area contributed by atoms with Gasteiger partial charge in [-0.15, -0.1) is 0 Å². The van der Waals surface area contributed by atoms with Gasteiger partial charge in [-0.1, -0.05) is 19.0 Å². The summed E-state index contributed by atoms with van der Waals surface area (Å²) in [6.07, 6.45) is 2.01. The van der Waals surface area contributed by atoms with Gasteiger partial charge in [0.05, 0.1) is 24.3 Å². The van der Waals surface area contributed by atoms with E-state index in [1.165, 1.54) is 6.21 Å². The van der Waals surface area contributed by atoms with Crippen LogP contribution in [0.3, 0.4) is 0 Å². The van der Waals surface area contributed by atoms with E-state index < -0.39 is 9.84 Å². The first-order valence-electron chi connectivity index (χ1n) is 9.19. The Morgan fingerprint density at radius 1 is 1.33 bits per heavy atom. The first kappa shape index (κ1) is 21.2. The van der Waals surface area contributed by atoms with Gasteiger partial charge in [-0.25, -0.2) is 8.42 Å². The third kappa shape index (κ3) is 6.86. The lowest BCUT2D eigenvalue weighted by Gasteiger charge is -2.29. The van der Waals surface area contributed by atoms with Crippen molar-refractivity contribution in [2.45, 2.75) is 33.2 Å². The molecule has 0 bridgehead atoms. The molecule has 1 fully saturated rings. The summed E-state index contributed by atoms with van der Waals surface area (Å²) in [7, 11) is -3.05. The standard InChI is InChI=1S/C19H28N2O5S/c1-4-25-18-7-5-16(6-8-18)11-20-26-13-19(22)21(12-15(2)3)17-9-10-27(23,24)14-17/h5-8,11,15,17H,4,9-10,12-14H2,1-3H3/b20-11-/t17-/m1/s1. The van der Waals surface area contributed by atoms with Crippen LogP contribution < -0.4 is 4.74 Å². The average Bonchev–Trinajstić information content (AvgIpc) is 2.97. The summed E-state index contributed by atoms with van der Waals surface area (Å²) in [5.74, 6) is 0.942. The van der Waals surface area contributed by atoms with E-state index in [-0.39, 0.29) is 36.0 Å². The number of sulfone groups is 1. The fourth-order valence-corrected chi connectivity index (χ4v) is 4.69. The quantitative estimate of drug-likeness (QED) is 0.471. The Kier molecular flexibility index (Phi) is 7.65. The first-order valence-corrected chi connectivity index (χ1v) is 11.0. The summed E-state index contributed by atoms with van der Waals surface area (Å²) in [6, 6.07) is 7.08. The molecule has 1 aromatic rings. The van der Waals surface area contributed by atoms with Crippen molar-refractivity contribution in [2.24, 2.45) is 11.1 Å². The second kappa shape index (κ2) is 9.73. The van der Waals surface area contributed by atoms with E-state index in [1.54, 1.807) is 4.90 Å². The molecule has 0 N–H and O–H groups in total. The number of benzene rings is 1. The van der Waals surface area contributed by atoms with Crippen LogP contribution in [-0.2, 0) is 19.5 Å². The first-order chi connectivity index (χ1) is 12.8. The molecule has 0 saturated carbocycles. The number of nitrogens with zero attached hydrogens (tertiary/aromatic N) is 2. The Morgan fingerprint density at radius 3 is 2.59 bits per heavy atom. The van der Waals surface area contributed by atoms with Crippen molar-refractivity contribution in [1.29, 1.82) is 0 Å². The lowest BCUT2D eigenvalue weighted by atomic mass is 10.1. The smallest absolute Gasteiger partial charge is 0.263 e. The molecule has 1 saturated heterocycles. The zero-order chi connectivity index (χ0) is 19.9. The van der Waals surface area contributed by atoms with Gasteiger partial charge in [0.25, 0.3) is 5.91 Å². The van der Waals surface area contributed by atoms with E-state index >= 15 is 0 Å². The molecule has 8 heteroatoms. The second-order valence-electron chi connectivity index (χ2n) is 7.01. The van der Waals surface area contributed by atoms with Crippen molar-refractivity contribution < 1.29 is 22.8 Å². The number of hydrogen-bond donors (Lipinski definition) is 0. The number of oxime groups is 1. The third-order valence-corrected chi connectivity index (χ3v) is 5.94. The molecule has 27 heavy (non-hydrogen) atoms. The van der Waals surface area contributed by atoms with Gasteiger partial charge in [0.2, 0.25) is 0 Å². The number of hydrogen-bond acceptors (Lipinski definition) is 6. The SMILES string of the molecule is CCOc1ccc(/C=N\OCC(=O)N(CC(C)C)[C@@H]2CCS(=O)(=O)C2)cc1. The fourth-order valence-electron chi connectivity index (χ4n) is 2.96. The minimum Gasteiger partial charge on any atom is -0.494 e. The molecule has 1 aliphatic heterocycles. The van der Waals surface area contributed by atoms with Crippen molar-refractivity contribution in [3.8, 4) is 5.75 Å².